The van der Waals surface area contributed by atoms with Crippen molar-refractivity contribution in [2.75, 3.05) is 31.1 Å². The van der Waals surface area contributed by atoms with Gasteiger partial charge in [0, 0.05) is 49.5 Å². The maximum absolute atomic E-state index is 12.9. The lowest BCUT2D eigenvalue weighted by Gasteiger charge is -2.34. The van der Waals surface area contributed by atoms with Crippen molar-refractivity contribution >= 4 is 22.4 Å². The SMILES string of the molecule is Cc1cc(=O)c(C(=O)N2CCN(c3nccs3)CC2)nn1-c1ccccc1. The Morgan fingerprint density at radius 2 is 1.85 bits per heavy atom. The molecule has 0 atom stereocenters. The molecular weight excluding hydrogens is 362 g/mol. The first-order chi connectivity index (χ1) is 13.1. The van der Waals surface area contributed by atoms with Gasteiger partial charge in [-0.05, 0) is 19.1 Å². The Kier molecular flexibility index (Phi) is 4.72. The van der Waals surface area contributed by atoms with Gasteiger partial charge in [0.15, 0.2) is 10.8 Å². The summed E-state index contributed by atoms with van der Waals surface area (Å²) in [4.78, 5) is 33.5. The molecule has 1 aromatic carbocycles. The van der Waals surface area contributed by atoms with Gasteiger partial charge in [-0.15, -0.1) is 11.3 Å². The Morgan fingerprint density at radius 3 is 2.52 bits per heavy atom. The summed E-state index contributed by atoms with van der Waals surface area (Å²) in [5, 5.41) is 7.27. The summed E-state index contributed by atoms with van der Waals surface area (Å²) in [6, 6.07) is 11.0. The van der Waals surface area contributed by atoms with Gasteiger partial charge >= 0.3 is 0 Å². The van der Waals surface area contributed by atoms with Crippen LogP contribution in [0.2, 0.25) is 0 Å². The molecule has 1 fully saturated rings. The van der Waals surface area contributed by atoms with Crippen LogP contribution in [0.3, 0.4) is 0 Å². The highest BCUT2D eigenvalue weighted by Gasteiger charge is 2.26. The minimum atomic E-state index is -0.341. The molecule has 3 aromatic rings. The number of carbonyl (C=O) groups is 1. The summed E-state index contributed by atoms with van der Waals surface area (Å²) in [5.41, 5.74) is 1.13. The summed E-state index contributed by atoms with van der Waals surface area (Å²) < 4.78 is 1.64. The average Bonchev–Trinajstić information content (AvgIpc) is 3.23. The number of carbonyl (C=O) groups excluding carboxylic acids is 1. The number of hydrogen-bond acceptors (Lipinski definition) is 6. The molecule has 0 N–H and O–H groups in total. The number of nitrogens with zero attached hydrogens (tertiary/aromatic N) is 5. The molecule has 0 unspecified atom stereocenters. The molecule has 0 bridgehead atoms. The van der Waals surface area contributed by atoms with E-state index in [0.29, 0.717) is 31.9 Å². The molecule has 3 heterocycles. The van der Waals surface area contributed by atoms with Crippen LogP contribution in [0, 0.1) is 6.92 Å². The van der Waals surface area contributed by atoms with Crippen LogP contribution in [-0.2, 0) is 0 Å². The van der Waals surface area contributed by atoms with Crippen molar-refractivity contribution in [2.45, 2.75) is 6.92 Å². The molecule has 0 spiro atoms. The number of thiazole rings is 1. The van der Waals surface area contributed by atoms with E-state index in [0.717, 1.165) is 10.8 Å². The Balaban J connectivity index is 1.56. The van der Waals surface area contributed by atoms with Gasteiger partial charge in [0.05, 0.1) is 5.69 Å². The summed E-state index contributed by atoms with van der Waals surface area (Å²) in [5.74, 6) is -0.316. The summed E-state index contributed by atoms with van der Waals surface area (Å²) >= 11 is 1.58. The molecule has 2 aromatic heterocycles. The number of piperazine rings is 1. The third-order valence-corrected chi connectivity index (χ3v) is 5.40. The summed E-state index contributed by atoms with van der Waals surface area (Å²) in [6.45, 7) is 4.27. The molecule has 27 heavy (non-hydrogen) atoms. The molecule has 0 radical (unpaired) electrons. The van der Waals surface area contributed by atoms with Crippen LogP contribution in [0.4, 0.5) is 5.13 Å². The molecule has 1 aliphatic heterocycles. The first kappa shape index (κ1) is 17.4. The predicted octanol–water partition coefficient (Wildman–Crippen LogP) is 1.96. The fourth-order valence-corrected chi connectivity index (χ4v) is 3.85. The van der Waals surface area contributed by atoms with Crippen LogP contribution in [0.5, 0.6) is 0 Å². The van der Waals surface area contributed by atoms with Gasteiger partial charge in [0.25, 0.3) is 5.91 Å². The van der Waals surface area contributed by atoms with Gasteiger partial charge in [-0.25, -0.2) is 9.67 Å². The first-order valence-electron chi connectivity index (χ1n) is 8.73. The number of anilines is 1. The minimum Gasteiger partial charge on any atom is -0.345 e. The molecule has 138 valence electrons. The number of benzene rings is 1. The lowest BCUT2D eigenvalue weighted by atomic mass is 10.2. The first-order valence-corrected chi connectivity index (χ1v) is 9.61. The number of para-hydroxylation sites is 1. The average molecular weight is 381 g/mol. The topological polar surface area (TPSA) is 71.3 Å². The van der Waals surface area contributed by atoms with Crippen LogP contribution in [0.25, 0.3) is 5.69 Å². The largest absolute Gasteiger partial charge is 0.345 e. The Morgan fingerprint density at radius 1 is 1.11 bits per heavy atom. The maximum Gasteiger partial charge on any atom is 0.278 e. The van der Waals surface area contributed by atoms with Crippen LogP contribution in [0.1, 0.15) is 16.2 Å². The second-order valence-electron chi connectivity index (χ2n) is 6.34. The standard InChI is InChI=1S/C19H19N5O2S/c1-14-13-16(25)17(21-24(14)15-5-3-2-4-6-15)18(26)22-8-10-23(11-9-22)19-20-7-12-27-19/h2-7,12-13H,8-11H2,1H3. The molecular formula is C19H19N5O2S. The highest BCUT2D eigenvalue weighted by molar-refractivity contribution is 7.13. The highest BCUT2D eigenvalue weighted by atomic mass is 32.1. The van der Waals surface area contributed by atoms with Gasteiger partial charge in [0.1, 0.15) is 0 Å². The van der Waals surface area contributed by atoms with Gasteiger partial charge in [0.2, 0.25) is 5.43 Å². The number of aromatic nitrogens is 3. The van der Waals surface area contributed by atoms with E-state index in [1.807, 2.05) is 42.6 Å². The zero-order chi connectivity index (χ0) is 18.8. The fourth-order valence-electron chi connectivity index (χ4n) is 3.15. The van der Waals surface area contributed by atoms with E-state index in [-0.39, 0.29) is 17.0 Å². The molecule has 1 saturated heterocycles. The van der Waals surface area contributed by atoms with E-state index < -0.39 is 0 Å². The second kappa shape index (κ2) is 7.32. The quantitative estimate of drug-likeness (QED) is 0.694. The smallest absolute Gasteiger partial charge is 0.278 e. The monoisotopic (exact) mass is 381 g/mol. The fraction of sp³-hybridized carbons (Fsp3) is 0.263. The molecule has 1 aliphatic rings. The number of aryl methyl sites for hydroxylation is 1. The molecule has 0 saturated carbocycles. The van der Waals surface area contributed by atoms with E-state index in [1.54, 1.807) is 27.1 Å². The van der Waals surface area contributed by atoms with Crippen molar-refractivity contribution in [3.8, 4) is 5.69 Å². The maximum atomic E-state index is 12.9. The van der Waals surface area contributed by atoms with E-state index in [4.69, 9.17) is 0 Å². The van der Waals surface area contributed by atoms with Gasteiger partial charge < -0.3 is 9.80 Å². The van der Waals surface area contributed by atoms with E-state index in [1.165, 1.54) is 6.07 Å². The normalized spacial score (nSPS) is 14.4. The van der Waals surface area contributed by atoms with Gasteiger partial charge in [-0.3, -0.25) is 9.59 Å². The summed E-state index contributed by atoms with van der Waals surface area (Å²) in [7, 11) is 0. The van der Waals surface area contributed by atoms with Gasteiger partial charge in [-0.1, -0.05) is 18.2 Å². The van der Waals surface area contributed by atoms with Crippen LogP contribution in [0.15, 0.2) is 52.8 Å². The zero-order valence-electron chi connectivity index (χ0n) is 14.9. The van der Waals surface area contributed by atoms with Crippen molar-refractivity contribution in [2.24, 2.45) is 0 Å². The Hall–Kier alpha value is -3.00. The van der Waals surface area contributed by atoms with Crippen LogP contribution >= 0.6 is 11.3 Å². The number of rotatable bonds is 3. The Labute approximate surface area is 160 Å². The highest BCUT2D eigenvalue weighted by Crippen LogP contribution is 2.19. The molecule has 7 nitrogen and oxygen atoms in total. The third-order valence-electron chi connectivity index (χ3n) is 4.57. The molecule has 0 aliphatic carbocycles. The molecule has 4 rings (SSSR count). The number of amides is 1. The Bertz CT molecular complexity index is 993. The van der Waals surface area contributed by atoms with Crippen molar-refractivity contribution in [1.29, 1.82) is 0 Å². The van der Waals surface area contributed by atoms with Crippen molar-refractivity contribution in [3.63, 3.8) is 0 Å². The summed E-state index contributed by atoms with van der Waals surface area (Å²) in [6.07, 6.45) is 1.78. The number of hydrogen-bond donors (Lipinski definition) is 0. The third kappa shape index (κ3) is 3.48. The van der Waals surface area contributed by atoms with Crippen molar-refractivity contribution in [3.05, 3.63) is 69.6 Å². The molecule has 1 amide bonds. The van der Waals surface area contributed by atoms with E-state index >= 15 is 0 Å². The predicted molar refractivity (Wildman–Crippen MR) is 105 cm³/mol. The second-order valence-corrected chi connectivity index (χ2v) is 7.21. The van der Waals surface area contributed by atoms with Crippen molar-refractivity contribution < 1.29 is 4.79 Å². The van der Waals surface area contributed by atoms with Gasteiger partial charge in [-0.2, -0.15) is 5.10 Å². The van der Waals surface area contributed by atoms with E-state index in [2.05, 4.69) is 15.0 Å². The lowest BCUT2D eigenvalue weighted by Crippen LogP contribution is -2.50. The zero-order valence-corrected chi connectivity index (χ0v) is 15.7. The van der Waals surface area contributed by atoms with E-state index in [9.17, 15) is 9.59 Å². The van der Waals surface area contributed by atoms with Crippen LogP contribution < -0.4 is 10.3 Å². The lowest BCUT2D eigenvalue weighted by molar-refractivity contribution is 0.0737. The minimum absolute atomic E-state index is 0.0350. The van der Waals surface area contributed by atoms with Crippen LogP contribution in [-0.4, -0.2) is 51.8 Å². The molecule has 8 heteroatoms. The van der Waals surface area contributed by atoms with Crippen molar-refractivity contribution in [1.82, 2.24) is 19.7 Å².